The zero-order valence-electron chi connectivity index (χ0n) is 13.7. The second-order valence-corrected chi connectivity index (χ2v) is 8.62. The molecule has 4 rings (SSSR count). The molecule has 0 saturated heterocycles. The molecule has 4 aliphatic rings. The van der Waals surface area contributed by atoms with Crippen LogP contribution in [0, 0.1) is 28.6 Å². The number of hydrogen-bond donors (Lipinski definition) is 1. The minimum absolute atomic E-state index is 0.0758. The molecular weight excluding hydrogens is 256 g/mol. The van der Waals surface area contributed by atoms with Gasteiger partial charge in [0.2, 0.25) is 0 Å². The summed E-state index contributed by atoms with van der Waals surface area (Å²) in [5.41, 5.74) is 3.58. The zero-order valence-corrected chi connectivity index (χ0v) is 13.7. The van der Waals surface area contributed by atoms with E-state index in [0.717, 1.165) is 24.7 Å². The monoisotopic (exact) mass is 286 g/mol. The van der Waals surface area contributed by atoms with Gasteiger partial charge < -0.3 is 5.11 Å². The first kappa shape index (κ1) is 14.1. The second-order valence-electron chi connectivity index (χ2n) is 8.62. The fourth-order valence-electron chi connectivity index (χ4n) is 6.67. The van der Waals surface area contributed by atoms with Gasteiger partial charge in [-0.05, 0) is 74.5 Å². The fraction of sp³-hybridized carbons (Fsp3) is 0.800. The van der Waals surface area contributed by atoms with Crippen molar-refractivity contribution in [3.05, 3.63) is 23.8 Å². The minimum Gasteiger partial charge on any atom is -0.392 e. The van der Waals surface area contributed by atoms with E-state index in [9.17, 15) is 5.11 Å². The third kappa shape index (κ3) is 1.67. The lowest BCUT2D eigenvalue weighted by Crippen LogP contribution is -2.53. The molecule has 116 valence electrons. The zero-order chi connectivity index (χ0) is 14.8. The van der Waals surface area contributed by atoms with Crippen LogP contribution in [0.15, 0.2) is 23.8 Å². The predicted octanol–water partition coefficient (Wildman–Crippen LogP) is 4.87. The number of hydrogen-bond acceptors (Lipinski definition) is 1. The Morgan fingerprint density at radius 3 is 2.71 bits per heavy atom. The van der Waals surface area contributed by atoms with Gasteiger partial charge in [0.15, 0.2) is 0 Å². The van der Waals surface area contributed by atoms with E-state index in [-0.39, 0.29) is 11.5 Å². The van der Waals surface area contributed by atoms with Crippen molar-refractivity contribution in [2.24, 2.45) is 28.6 Å². The highest BCUT2D eigenvalue weighted by Gasteiger charge is 2.58. The van der Waals surface area contributed by atoms with Gasteiger partial charge in [-0.1, -0.05) is 37.6 Å². The smallest absolute Gasteiger partial charge is 0.0636 e. The van der Waals surface area contributed by atoms with E-state index in [1.807, 2.05) is 0 Å². The van der Waals surface area contributed by atoms with Crippen molar-refractivity contribution in [3.8, 4) is 0 Å². The summed E-state index contributed by atoms with van der Waals surface area (Å²) in [5.74, 6) is 2.35. The molecule has 1 heteroatoms. The Hall–Kier alpha value is -0.560. The summed E-state index contributed by atoms with van der Waals surface area (Å²) in [4.78, 5) is 0. The predicted molar refractivity (Wildman–Crippen MR) is 86.8 cm³/mol. The Morgan fingerprint density at radius 2 is 1.90 bits per heavy atom. The lowest BCUT2D eigenvalue weighted by atomic mass is 9.47. The largest absolute Gasteiger partial charge is 0.392 e. The highest BCUT2D eigenvalue weighted by molar-refractivity contribution is 5.28. The molecule has 0 aromatic carbocycles. The molecule has 1 unspecified atom stereocenters. The van der Waals surface area contributed by atoms with Crippen molar-refractivity contribution in [3.63, 3.8) is 0 Å². The van der Waals surface area contributed by atoms with E-state index >= 15 is 0 Å². The molecule has 1 nitrogen and oxygen atoms in total. The fourth-order valence-corrected chi connectivity index (χ4v) is 6.67. The number of rotatable bonds is 0. The normalized spacial score (nSPS) is 52.7. The summed E-state index contributed by atoms with van der Waals surface area (Å²) in [5, 5.41) is 10.8. The number of aliphatic hydroxyl groups excluding tert-OH is 1. The summed E-state index contributed by atoms with van der Waals surface area (Å²) in [7, 11) is 0. The van der Waals surface area contributed by atoms with Crippen molar-refractivity contribution < 1.29 is 5.11 Å². The molecule has 0 bridgehead atoms. The van der Waals surface area contributed by atoms with Gasteiger partial charge in [-0.25, -0.2) is 0 Å². The lowest BCUT2D eigenvalue weighted by Gasteiger charge is -2.58. The van der Waals surface area contributed by atoms with E-state index < -0.39 is 0 Å². The Balaban J connectivity index is 1.72. The molecule has 21 heavy (non-hydrogen) atoms. The minimum atomic E-state index is -0.112. The average Bonchev–Trinajstić information content (AvgIpc) is 2.76. The van der Waals surface area contributed by atoms with E-state index in [2.05, 4.69) is 26.5 Å². The van der Waals surface area contributed by atoms with Crippen LogP contribution in [0.3, 0.4) is 0 Å². The molecule has 0 spiro atoms. The van der Waals surface area contributed by atoms with Crippen LogP contribution in [0.2, 0.25) is 0 Å². The Morgan fingerprint density at radius 1 is 1.10 bits per heavy atom. The molecule has 0 amide bonds. The average molecular weight is 286 g/mol. The molecular formula is C20H30O. The van der Waals surface area contributed by atoms with Crippen LogP contribution < -0.4 is 0 Å². The highest BCUT2D eigenvalue weighted by atomic mass is 16.3. The Bertz CT molecular complexity index is 504. The molecule has 6 atom stereocenters. The van der Waals surface area contributed by atoms with Crippen molar-refractivity contribution in [2.45, 2.75) is 71.3 Å². The number of allylic oxidation sites excluding steroid dienone is 2. The van der Waals surface area contributed by atoms with Gasteiger partial charge in [0, 0.05) is 5.41 Å². The van der Waals surface area contributed by atoms with Crippen molar-refractivity contribution >= 4 is 0 Å². The number of fused-ring (bicyclic) bond motifs is 5. The van der Waals surface area contributed by atoms with Gasteiger partial charge in [0.05, 0.1) is 6.10 Å². The summed E-state index contributed by atoms with van der Waals surface area (Å²) in [6.45, 7) is 9.26. The SMILES string of the molecule is C=C1CC[C@H]2[C@@H]3CCC4=CCCC(O)[C@]4(C)[C@@H]3CC[C@]12C. The third-order valence-electron chi connectivity index (χ3n) is 8.12. The second kappa shape index (κ2) is 4.47. The molecule has 1 N–H and O–H groups in total. The first-order valence-electron chi connectivity index (χ1n) is 9.04. The molecule has 0 aromatic heterocycles. The maximum absolute atomic E-state index is 10.8. The van der Waals surface area contributed by atoms with Crippen molar-refractivity contribution in [1.29, 1.82) is 0 Å². The van der Waals surface area contributed by atoms with Crippen LogP contribution in [0.25, 0.3) is 0 Å². The van der Waals surface area contributed by atoms with Gasteiger partial charge in [-0.2, -0.15) is 0 Å². The van der Waals surface area contributed by atoms with Crippen molar-refractivity contribution in [1.82, 2.24) is 0 Å². The first-order chi connectivity index (χ1) is 9.98. The van der Waals surface area contributed by atoms with E-state index in [1.165, 1.54) is 44.1 Å². The maximum atomic E-state index is 10.8. The Labute approximate surface area is 129 Å². The first-order valence-corrected chi connectivity index (χ1v) is 9.04. The van der Waals surface area contributed by atoms with Gasteiger partial charge in [0.25, 0.3) is 0 Å². The van der Waals surface area contributed by atoms with E-state index in [1.54, 1.807) is 5.57 Å². The molecule has 0 radical (unpaired) electrons. The van der Waals surface area contributed by atoms with Gasteiger partial charge in [-0.15, -0.1) is 0 Å². The standard InChI is InChI=1S/C20H30O/c1-13-7-10-16-15-9-8-14-5-4-6-18(21)20(14,3)17(15)11-12-19(13,16)2/h5,15-18,21H,1,4,6-12H2,2-3H3/t15-,16-,17+,18?,19+,20-/m0/s1. The Kier molecular flexibility index (Phi) is 2.99. The summed E-state index contributed by atoms with van der Waals surface area (Å²) in [6, 6.07) is 0. The topological polar surface area (TPSA) is 20.2 Å². The molecule has 0 aromatic rings. The van der Waals surface area contributed by atoms with Crippen molar-refractivity contribution in [2.75, 3.05) is 0 Å². The lowest BCUT2D eigenvalue weighted by molar-refractivity contribution is -0.0819. The third-order valence-corrected chi connectivity index (χ3v) is 8.12. The molecule has 3 saturated carbocycles. The maximum Gasteiger partial charge on any atom is 0.0636 e. The van der Waals surface area contributed by atoms with Crippen LogP contribution in [-0.4, -0.2) is 11.2 Å². The summed E-state index contributed by atoms with van der Waals surface area (Å²) < 4.78 is 0. The van der Waals surface area contributed by atoms with Crippen LogP contribution in [0.1, 0.15) is 65.2 Å². The van der Waals surface area contributed by atoms with E-state index in [4.69, 9.17) is 0 Å². The van der Waals surface area contributed by atoms with Gasteiger partial charge in [-0.3, -0.25) is 0 Å². The van der Waals surface area contributed by atoms with Crippen LogP contribution in [0.4, 0.5) is 0 Å². The summed E-state index contributed by atoms with van der Waals surface area (Å²) in [6.07, 6.45) is 12.2. The van der Waals surface area contributed by atoms with Gasteiger partial charge in [0.1, 0.15) is 0 Å². The number of aliphatic hydroxyl groups is 1. The highest BCUT2D eigenvalue weighted by Crippen LogP contribution is 2.66. The quantitative estimate of drug-likeness (QED) is 0.630. The van der Waals surface area contributed by atoms with Crippen LogP contribution in [0.5, 0.6) is 0 Å². The van der Waals surface area contributed by atoms with Crippen LogP contribution in [-0.2, 0) is 0 Å². The molecule has 3 fully saturated rings. The molecule has 4 aliphatic carbocycles. The molecule has 0 heterocycles. The van der Waals surface area contributed by atoms with Gasteiger partial charge >= 0.3 is 0 Å². The molecule has 0 aliphatic heterocycles. The van der Waals surface area contributed by atoms with E-state index in [0.29, 0.717) is 11.3 Å². The van der Waals surface area contributed by atoms with Crippen LogP contribution >= 0.6 is 0 Å². The summed E-state index contributed by atoms with van der Waals surface area (Å²) >= 11 is 0.